The first-order valence-corrected chi connectivity index (χ1v) is 4.98. The summed E-state index contributed by atoms with van der Waals surface area (Å²) < 4.78 is 1.45. The Bertz CT molecular complexity index is 336. The van der Waals surface area contributed by atoms with Crippen molar-refractivity contribution in [3.05, 3.63) is 30.4 Å². The molecule has 1 aromatic heterocycles. The molecule has 1 aromatic rings. The van der Waals surface area contributed by atoms with Crippen LogP contribution >= 0.6 is 0 Å². The number of carbonyl (C=O) groups excluding carboxylic acids is 1. The summed E-state index contributed by atoms with van der Waals surface area (Å²) in [6, 6.07) is 0. The summed E-state index contributed by atoms with van der Waals surface area (Å²) in [6.07, 6.45) is 5.47. The third-order valence-corrected chi connectivity index (χ3v) is 2.03. The quantitative estimate of drug-likeness (QED) is 0.547. The van der Waals surface area contributed by atoms with Crippen LogP contribution in [0.3, 0.4) is 0 Å². The molecule has 0 amide bonds. The van der Waals surface area contributed by atoms with E-state index in [9.17, 15) is 4.79 Å². The van der Waals surface area contributed by atoms with Crippen molar-refractivity contribution in [2.45, 2.75) is 33.1 Å². The summed E-state index contributed by atoms with van der Waals surface area (Å²) in [5, 5.41) is 0. The minimum absolute atomic E-state index is 0.235. The van der Waals surface area contributed by atoms with Gasteiger partial charge in [-0.15, -0.1) is 6.58 Å². The molecule has 0 radical (unpaired) electrons. The Morgan fingerprint density at radius 2 is 2.40 bits per heavy atom. The molecule has 0 unspecified atom stereocenters. The standard InChI is InChI=1S/C11H16N2O2/c1-4-5-6-7-11(14)15-13-9(2)8-12-10(13)3/h4,8H,1,5-7H2,2-3H3. The Kier molecular flexibility index (Phi) is 4.09. The molecule has 0 saturated heterocycles. The number of aryl methyl sites for hydroxylation is 2. The summed E-state index contributed by atoms with van der Waals surface area (Å²) in [5.74, 6) is 0.450. The smallest absolute Gasteiger partial charge is 0.332 e. The van der Waals surface area contributed by atoms with Crippen LogP contribution in [0.5, 0.6) is 0 Å². The van der Waals surface area contributed by atoms with Crippen molar-refractivity contribution in [1.29, 1.82) is 0 Å². The first-order valence-electron chi connectivity index (χ1n) is 4.98. The molecular weight excluding hydrogens is 192 g/mol. The van der Waals surface area contributed by atoms with Gasteiger partial charge in [0, 0.05) is 6.42 Å². The predicted octanol–water partition coefficient (Wildman–Crippen LogP) is 1.81. The van der Waals surface area contributed by atoms with Gasteiger partial charge in [0.2, 0.25) is 0 Å². The van der Waals surface area contributed by atoms with Crippen molar-refractivity contribution < 1.29 is 9.63 Å². The number of nitrogens with zero attached hydrogens (tertiary/aromatic N) is 2. The number of rotatable bonds is 5. The highest BCUT2D eigenvalue weighted by Gasteiger charge is 2.08. The second-order valence-electron chi connectivity index (χ2n) is 3.39. The molecule has 0 aliphatic rings. The fourth-order valence-corrected chi connectivity index (χ4v) is 1.22. The number of unbranched alkanes of at least 4 members (excludes halogenated alkanes) is 1. The van der Waals surface area contributed by atoms with Gasteiger partial charge in [0.1, 0.15) is 5.82 Å². The molecule has 0 aliphatic heterocycles. The number of allylic oxidation sites excluding steroid dienone is 1. The number of hydrogen-bond acceptors (Lipinski definition) is 3. The molecule has 0 saturated carbocycles. The van der Waals surface area contributed by atoms with Crippen molar-refractivity contribution in [3.63, 3.8) is 0 Å². The van der Waals surface area contributed by atoms with E-state index in [-0.39, 0.29) is 5.97 Å². The van der Waals surface area contributed by atoms with Crippen molar-refractivity contribution in [2.24, 2.45) is 0 Å². The molecule has 1 rings (SSSR count). The summed E-state index contributed by atoms with van der Waals surface area (Å²) in [4.78, 5) is 20.6. The van der Waals surface area contributed by atoms with Crippen molar-refractivity contribution in [2.75, 3.05) is 0 Å². The number of carbonyl (C=O) groups is 1. The lowest BCUT2D eigenvalue weighted by molar-refractivity contribution is -0.144. The first kappa shape index (κ1) is 11.5. The SMILES string of the molecule is C=CCCCC(=O)On1c(C)cnc1C. The lowest BCUT2D eigenvalue weighted by atomic mass is 10.2. The highest BCUT2D eigenvalue weighted by molar-refractivity contribution is 5.69. The number of hydrogen-bond donors (Lipinski definition) is 0. The normalized spacial score (nSPS) is 10.0. The van der Waals surface area contributed by atoms with Gasteiger partial charge in [0.15, 0.2) is 0 Å². The highest BCUT2D eigenvalue weighted by atomic mass is 16.7. The van der Waals surface area contributed by atoms with Crippen LogP contribution in [0.25, 0.3) is 0 Å². The van der Waals surface area contributed by atoms with Crippen molar-refractivity contribution in [3.8, 4) is 0 Å². The van der Waals surface area contributed by atoms with Crippen LogP contribution in [0.2, 0.25) is 0 Å². The van der Waals surface area contributed by atoms with E-state index >= 15 is 0 Å². The van der Waals surface area contributed by atoms with Crippen molar-refractivity contribution >= 4 is 5.97 Å². The monoisotopic (exact) mass is 208 g/mol. The third-order valence-electron chi connectivity index (χ3n) is 2.03. The van der Waals surface area contributed by atoms with Gasteiger partial charge in [0.05, 0.1) is 11.9 Å². The third kappa shape index (κ3) is 3.23. The summed E-state index contributed by atoms with van der Waals surface area (Å²) >= 11 is 0. The lowest BCUT2D eigenvalue weighted by Crippen LogP contribution is -2.21. The fourth-order valence-electron chi connectivity index (χ4n) is 1.22. The molecule has 82 valence electrons. The second-order valence-corrected chi connectivity index (χ2v) is 3.39. The van der Waals surface area contributed by atoms with E-state index in [0.717, 1.165) is 18.5 Å². The van der Waals surface area contributed by atoms with Gasteiger partial charge in [-0.25, -0.2) is 9.78 Å². The van der Waals surface area contributed by atoms with Crippen LogP contribution in [-0.4, -0.2) is 15.7 Å². The van der Waals surface area contributed by atoms with Crippen molar-refractivity contribution in [1.82, 2.24) is 9.71 Å². The van der Waals surface area contributed by atoms with Gasteiger partial charge < -0.3 is 4.84 Å². The van der Waals surface area contributed by atoms with Crippen LogP contribution in [0.1, 0.15) is 30.8 Å². The zero-order valence-electron chi connectivity index (χ0n) is 9.19. The van der Waals surface area contributed by atoms with Crippen LogP contribution < -0.4 is 4.84 Å². The predicted molar refractivity (Wildman–Crippen MR) is 57.3 cm³/mol. The summed E-state index contributed by atoms with van der Waals surface area (Å²) in [6.45, 7) is 7.23. The Balaban J connectivity index is 2.47. The summed E-state index contributed by atoms with van der Waals surface area (Å²) in [7, 11) is 0. The molecule has 1 heterocycles. The molecule has 4 nitrogen and oxygen atoms in total. The van der Waals surface area contributed by atoms with E-state index in [1.165, 1.54) is 4.73 Å². The van der Waals surface area contributed by atoms with Crippen LogP contribution in [-0.2, 0) is 4.79 Å². The maximum Gasteiger partial charge on any atom is 0.332 e. The maximum absolute atomic E-state index is 11.4. The lowest BCUT2D eigenvalue weighted by Gasteiger charge is -2.07. The second kappa shape index (κ2) is 5.34. The van der Waals surface area contributed by atoms with E-state index in [0.29, 0.717) is 12.2 Å². The largest absolute Gasteiger partial charge is 0.335 e. The summed E-state index contributed by atoms with van der Waals surface area (Å²) in [5.41, 5.74) is 0.824. The molecule has 4 heteroatoms. The van der Waals surface area contributed by atoms with E-state index in [1.54, 1.807) is 19.2 Å². The van der Waals surface area contributed by atoms with E-state index in [4.69, 9.17) is 4.84 Å². The minimum Gasteiger partial charge on any atom is -0.335 e. The van der Waals surface area contributed by atoms with E-state index in [2.05, 4.69) is 11.6 Å². The zero-order valence-corrected chi connectivity index (χ0v) is 9.19. The molecular formula is C11H16N2O2. The highest BCUT2D eigenvalue weighted by Crippen LogP contribution is 2.02. The topological polar surface area (TPSA) is 44.1 Å². The Morgan fingerprint density at radius 1 is 1.67 bits per heavy atom. The zero-order chi connectivity index (χ0) is 11.3. The fraction of sp³-hybridized carbons (Fsp3) is 0.455. The molecule has 0 fully saturated rings. The molecule has 0 N–H and O–H groups in total. The average Bonchev–Trinajstić information content (AvgIpc) is 2.50. The van der Waals surface area contributed by atoms with Crippen LogP contribution in [0.4, 0.5) is 0 Å². The van der Waals surface area contributed by atoms with Gasteiger partial charge in [-0.3, -0.25) is 0 Å². The van der Waals surface area contributed by atoms with Crippen LogP contribution in [0, 0.1) is 13.8 Å². The van der Waals surface area contributed by atoms with Gasteiger partial charge in [-0.2, -0.15) is 4.73 Å². The van der Waals surface area contributed by atoms with E-state index in [1.807, 2.05) is 6.92 Å². The van der Waals surface area contributed by atoms with E-state index < -0.39 is 0 Å². The molecule has 0 atom stereocenters. The van der Waals surface area contributed by atoms with Gasteiger partial charge in [-0.1, -0.05) is 6.08 Å². The Labute approximate surface area is 89.5 Å². The molecule has 0 aliphatic carbocycles. The Morgan fingerprint density at radius 3 is 2.93 bits per heavy atom. The van der Waals surface area contributed by atoms with Gasteiger partial charge in [-0.05, 0) is 26.7 Å². The maximum atomic E-state index is 11.4. The molecule has 0 aromatic carbocycles. The molecule has 0 spiro atoms. The molecule has 15 heavy (non-hydrogen) atoms. The van der Waals surface area contributed by atoms with Crippen LogP contribution in [0.15, 0.2) is 18.9 Å². The number of imidazole rings is 1. The first-order chi connectivity index (χ1) is 7.15. The van der Waals surface area contributed by atoms with Gasteiger partial charge >= 0.3 is 5.97 Å². The average molecular weight is 208 g/mol. The minimum atomic E-state index is -0.235. The molecule has 0 bridgehead atoms. The van der Waals surface area contributed by atoms with Gasteiger partial charge in [0.25, 0.3) is 0 Å². The number of aromatic nitrogens is 2. The Hall–Kier alpha value is -1.58.